The minimum Gasteiger partial charge on any atom is -0.312 e. The van der Waals surface area contributed by atoms with Crippen LogP contribution in [0.5, 0.6) is 0 Å². The summed E-state index contributed by atoms with van der Waals surface area (Å²) >= 11 is 0. The molecular formula is C14H26N4. The number of nitrogens with zero attached hydrogens (tertiary/aromatic N) is 3. The van der Waals surface area contributed by atoms with E-state index in [1.807, 2.05) is 11.7 Å². The molecule has 4 heteroatoms. The highest BCUT2D eigenvalue weighted by molar-refractivity contribution is 4.98. The fraction of sp³-hybridized carbons (Fsp3) is 0.857. The van der Waals surface area contributed by atoms with E-state index in [2.05, 4.69) is 36.2 Å². The van der Waals surface area contributed by atoms with Crippen LogP contribution in [0, 0.1) is 5.41 Å². The SMILES string of the molecule is Cn1ncnc1CC1(CNC(C)(C)C)CCCC1. The van der Waals surface area contributed by atoms with Crippen LogP contribution in [0.3, 0.4) is 0 Å². The summed E-state index contributed by atoms with van der Waals surface area (Å²) in [5.41, 5.74) is 0.573. The summed E-state index contributed by atoms with van der Waals surface area (Å²) in [5.74, 6) is 1.12. The van der Waals surface area contributed by atoms with Gasteiger partial charge >= 0.3 is 0 Å². The maximum absolute atomic E-state index is 4.39. The molecule has 102 valence electrons. The van der Waals surface area contributed by atoms with Gasteiger partial charge in [0.05, 0.1) is 0 Å². The molecule has 1 heterocycles. The predicted molar refractivity (Wildman–Crippen MR) is 73.4 cm³/mol. The molecule has 0 saturated heterocycles. The molecule has 0 aliphatic heterocycles. The van der Waals surface area contributed by atoms with Crippen LogP contribution in [0.15, 0.2) is 6.33 Å². The lowest BCUT2D eigenvalue weighted by atomic mass is 9.81. The average Bonchev–Trinajstić information content (AvgIpc) is 2.87. The van der Waals surface area contributed by atoms with Gasteiger partial charge in [0.2, 0.25) is 0 Å². The second kappa shape index (κ2) is 5.00. The van der Waals surface area contributed by atoms with Crippen molar-refractivity contribution in [1.29, 1.82) is 0 Å². The van der Waals surface area contributed by atoms with Crippen molar-refractivity contribution in [2.45, 2.75) is 58.4 Å². The van der Waals surface area contributed by atoms with Crippen molar-refractivity contribution >= 4 is 0 Å². The van der Waals surface area contributed by atoms with Crippen molar-refractivity contribution in [2.24, 2.45) is 12.5 Å². The number of hydrogen-bond donors (Lipinski definition) is 1. The molecule has 0 aromatic carbocycles. The molecule has 4 nitrogen and oxygen atoms in total. The molecule has 1 aromatic rings. The third-order valence-corrected chi connectivity index (χ3v) is 4.00. The highest BCUT2D eigenvalue weighted by Gasteiger charge is 2.35. The highest BCUT2D eigenvalue weighted by Crippen LogP contribution is 2.40. The quantitative estimate of drug-likeness (QED) is 0.891. The van der Waals surface area contributed by atoms with Crippen LogP contribution in [0.4, 0.5) is 0 Å². The van der Waals surface area contributed by atoms with E-state index < -0.39 is 0 Å². The van der Waals surface area contributed by atoms with Gasteiger partial charge in [-0.15, -0.1) is 0 Å². The Labute approximate surface area is 110 Å². The van der Waals surface area contributed by atoms with Crippen molar-refractivity contribution in [3.8, 4) is 0 Å². The highest BCUT2D eigenvalue weighted by atomic mass is 15.3. The van der Waals surface area contributed by atoms with Gasteiger partial charge in [-0.1, -0.05) is 12.8 Å². The van der Waals surface area contributed by atoms with E-state index in [1.165, 1.54) is 25.7 Å². The average molecular weight is 250 g/mol. The van der Waals surface area contributed by atoms with E-state index in [0.717, 1.165) is 18.8 Å². The van der Waals surface area contributed by atoms with Crippen LogP contribution in [0.25, 0.3) is 0 Å². The van der Waals surface area contributed by atoms with Gasteiger partial charge in [-0.25, -0.2) is 4.98 Å². The number of rotatable bonds is 4. The fourth-order valence-electron chi connectivity index (χ4n) is 2.81. The van der Waals surface area contributed by atoms with E-state index in [0.29, 0.717) is 5.41 Å². The van der Waals surface area contributed by atoms with Crippen LogP contribution >= 0.6 is 0 Å². The van der Waals surface area contributed by atoms with Crippen molar-refractivity contribution in [1.82, 2.24) is 20.1 Å². The minimum absolute atomic E-state index is 0.190. The molecule has 18 heavy (non-hydrogen) atoms. The van der Waals surface area contributed by atoms with Crippen molar-refractivity contribution < 1.29 is 0 Å². The fourth-order valence-corrected chi connectivity index (χ4v) is 2.81. The lowest BCUT2D eigenvalue weighted by Gasteiger charge is -2.33. The molecule has 1 aromatic heterocycles. The summed E-state index contributed by atoms with van der Waals surface area (Å²) < 4.78 is 1.91. The van der Waals surface area contributed by atoms with Crippen molar-refractivity contribution in [2.75, 3.05) is 6.54 Å². The van der Waals surface area contributed by atoms with Crippen LogP contribution in [-0.2, 0) is 13.5 Å². The van der Waals surface area contributed by atoms with Crippen LogP contribution in [-0.4, -0.2) is 26.8 Å². The summed E-state index contributed by atoms with van der Waals surface area (Å²) in [6, 6.07) is 0. The first-order valence-electron chi connectivity index (χ1n) is 6.98. The lowest BCUT2D eigenvalue weighted by molar-refractivity contribution is 0.238. The maximum Gasteiger partial charge on any atom is 0.138 e. The summed E-state index contributed by atoms with van der Waals surface area (Å²) in [5, 5.41) is 7.86. The van der Waals surface area contributed by atoms with E-state index in [-0.39, 0.29) is 5.54 Å². The Morgan fingerprint density at radius 2 is 2.00 bits per heavy atom. The molecule has 0 radical (unpaired) electrons. The number of aromatic nitrogens is 3. The predicted octanol–water partition coefficient (Wildman–Crippen LogP) is 2.31. The molecular weight excluding hydrogens is 224 g/mol. The smallest absolute Gasteiger partial charge is 0.138 e. The summed E-state index contributed by atoms with van der Waals surface area (Å²) in [7, 11) is 1.99. The van der Waals surface area contributed by atoms with Crippen molar-refractivity contribution in [3.63, 3.8) is 0 Å². The summed E-state index contributed by atoms with van der Waals surface area (Å²) in [6.07, 6.45) is 8.03. The largest absolute Gasteiger partial charge is 0.312 e. The molecule has 1 fully saturated rings. The Morgan fingerprint density at radius 3 is 2.50 bits per heavy atom. The zero-order valence-corrected chi connectivity index (χ0v) is 12.2. The normalized spacial score (nSPS) is 19.3. The van der Waals surface area contributed by atoms with E-state index in [9.17, 15) is 0 Å². The minimum atomic E-state index is 0.190. The van der Waals surface area contributed by atoms with Crippen LogP contribution in [0.1, 0.15) is 52.3 Å². The zero-order valence-electron chi connectivity index (χ0n) is 12.2. The van der Waals surface area contributed by atoms with E-state index >= 15 is 0 Å². The third kappa shape index (κ3) is 3.31. The van der Waals surface area contributed by atoms with Crippen LogP contribution < -0.4 is 5.32 Å². The molecule has 1 aliphatic carbocycles. The van der Waals surface area contributed by atoms with Crippen molar-refractivity contribution in [3.05, 3.63) is 12.2 Å². The summed E-state index contributed by atoms with van der Waals surface area (Å²) in [4.78, 5) is 4.39. The molecule has 2 rings (SSSR count). The van der Waals surface area contributed by atoms with Gasteiger partial charge in [0, 0.05) is 25.6 Å². The van der Waals surface area contributed by atoms with Gasteiger partial charge < -0.3 is 5.32 Å². The Hall–Kier alpha value is -0.900. The maximum atomic E-state index is 4.39. The molecule has 1 saturated carbocycles. The van der Waals surface area contributed by atoms with E-state index in [4.69, 9.17) is 0 Å². The van der Waals surface area contributed by atoms with Gasteiger partial charge in [-0.3, -0.25) is 4.68 Å². The Morgan fingerprint density at radius 1 is 1.33 bits per heavy atom. The lowest BCUT2D eigenvalue weighted by Crippen LogP contribution is -2.44. The molecule has 0 spiro atoms. The summed E-state index contributed by atoms with van der Waals surface area (Å²) in [6.45, 7) is 7.79. The van der Waals surface area contributed by atoms with Crippen LogP contribution in [0.2, 0.25) is 0 Å². The van der Waals surface area contributed by atoms with Gasteiger partial charge in [0.25, 0.3) is 0 Å². The first-order valence-corrected chi connectivity index (χ1v) is 6.98. The molecule has 0 amide bonds. The molecule has 1 N–H and O–H groups in total. The molecule has 1 aliphatic rings. The van der Waals surface area contributed by atoms with Gasteiger partial charge in [-0.2, -0.15) is 5.10 Å². The number of aryl methyl sites for hydroxylation is 1. The Balaban J connectivity index is 2.05. The Bertz CT molecular complexity index is 383. The second-order valence-electron chi connectivity index (χ2n) is 6.79. The number of hydrogen-bond acceptors (Lipinski definition) is 3. The molecule has 0 atom stereocenters. The van der Waals surface area contributed by atoms with E-state index in [1.54, 1.807) is 6.33 Å². The molecule has 0 bridgehead atoms. The van der Waals surface area contributed by atoms with Gasteiger partial charge in [0.1, 0.15) is 12.2 Å². The first-order chi connectivity index (χ1) is 8.40. The monoisotopic (exact) mass is 250 g/mol. The zero-order chi connectivity index (χ0) is 13.2. The second-order valence-corrected chi connectivity index (χ2v) is 6.79. The van der Waals surface area contributed by atoms with Gasteiger partial charge in [0.15, 0.2) is 0 Å². The number of nitrogens with one attached hydrogen (secondary N) is 1. The van der Waals surface area contributed by atoms with Gasteiger partial charge in [-0.05, 0) is 39.0 Å². The Kier molecular flexibility index (Phi) is 3.76. The first kappa shape index (κ1) is 13.5. The standard InChI is InChI=1S/C14H26N4/c1-13(2,3)16-10-14(7-5-6-8-14)9-12-15-11-17-18(12)4/h11,16H,5-10H2,1-4H3. The molecule has 0 unspecified atom stereocenters. The topological polar surface area (TPSA) is 42.7 Å². The third-order valence-electron chi connectivity index (χ3n) is 4.00.